The zero-order valence-corrected chi connectivity index (χ0v) is 11.2. The van der Waals surface area contributed by atoms with E-state index in [2.05, 4.69) is 10.2 Å². The molecular weight excluding hydrogens is 266 g/mol. The van der Waals surface area contributed by atoms with Crippen molar-refractivity contribution in [3.05, 3.63) is 29.0 Å². The molecule has 2 aromatic heterocycles. The van der Waals surface area contributed by atoms with Crippen molar-refractivity contribution >= 4 is 28.4 Å². The number of halogens is 1. The number of nitrogens with zero attached hydrogens (tertiary/aromatic N) is 1. The number of rotatable bonds is 2. The van der Waals surface area contributed by atoms with Crippen LogP contribution in [0.1, 0.15) is 5.76 Å². The Hall–Kier alpha value is -2.14. The molecule has 0 amide bonds. The van der Waals surface area contributed by atoms with Crippen LogP contribution in [0.25, 0.3) is 22.2 Å². The third-order valence-electron chi connectivity index (χ3n) is 2.94. The number of hydrogen-bond acceptors (Lipinski definition) is 4. The zero-order valence-electron chi connectivity index (χ0n) is 10.5. The fraction of sp³-hybridized carbons (Fsp3) is 0.154. The summed E-state index contributed by atoms with van der Waals surface area (Å²) in [7, 11) is 1.59. The lowest BCUT2D eigenvalue weighted by Gasteiger charge is -2.07. The molecule has 0 fully saturated rings. The van der Waals surface area contributed by atoms with Crippen LogP contribution in [0.3, 0.4) is 0 Å². The number of nitrogens with one attached hydrogen (secondary N) is 1. The molecule has 0 saturated heterocycles. The number of methoxy groups -OCH3 is 1. The Bertz CT molecular complexity index is 761. The third-order valence-corrected chi connectivity index (χ3v) is 3.34. The van der Waals surface area contributed by atoms with Gasteiger partial charge in [0.05, 0.1) is 17.8 Å². The van der Waals surface area contributed by atoms with Gasteiger partial charge in [-0.25, -0.2) is 0 Å². The van der Waals surface area contributed by atoms with Gasteiger partial charge < -0.3 is 14.9 Å². The standard InChI is InChI=1S/C13H12ClN3O2/c1-6-3-8-12(14)7(9-5-11(15)17-16-9)4-10(18-2)13(8)19-6/h3-5H,1-2H3,(H3,15,16,17). The van der Waals surface area contributed by atoms with Crippen molar-refractivity contribution in [1.29, 1.82) is 0 Å². The molecule has 6 heteroatoms. The van der Waals surface area contributed by atoms with E-state index >= 15 is 0 Å². The highest BCUT2D eigenvalue weighted by Gasteiger charge is 2.17. The number of aromatic amines is 1. The van der Waals surface area contributed by atoms with Gasteiger partial charge in [-0.2, -0.15) is 5.10 Å². The van der Waals surface area contributed by atoms with Gasteiger partial charge in [-0.3, -0.25) is 5.10 Å². The Morgan fingerprint density at radius 1 is 1.37 bits per heavy atom. The van der Waals surface area contributed by atoms with E-state index in [0.717, 1.165) is 22.4 Å². The van der Waals surface area contributed by atoms with Crippen molar-refractivity contribution in [3.8, 4) is 17.0 Å². The second kappa shape index (κ2) is 4.20. The molecule has 0 aliphatic rings. The Kier molecular flexibility index (Phi) is 2.64. The van der Waals surface area contributed by atoms with Crippen LogP contribution < -0.4 is 10.5 Å². The van der Waals surface area contributed by atoms with Crippen molar-refractivity contribution in [2.45, 2.75) is 6.92 Å². The van der Waals surface area contributed by atoms with Gasteiger partial charge in [0.1, 0.15) is 11.6 Å². The summed E-state index contributed by atoms with van der Waals surface area (Å²) < 4.78 is 11.0. The lowest BCUT2D eigenvalue weighted by molar-refractivity contribution is 0.409. The molecule has 0 aliphatic heterocycles. The van der Waals surface area contributed by atoms with Crippen molar-refractivity contribution in [1.82, 2.24) is 10.2 Å². The Labute approximate surface area is 114 Å². The minimum absolute atomic E-state index is 0.411. The molecule has 3 N–H and O–H groups in total. The van der Waals surface area contributed by atoms with Gasteiger partial charge in [0, 0.05) is 17.0 Å². The van der Waals surface area contributed by atoms with Gasteiger partial charge >= 0.3 is 0 Å². The van der Waals surface area contributed by atoms with Crippen LogP contribution in [-0.4, -0.2) is 17.3 Å². The molecule has 5 nitrogen and oxygen atoms in total. The molecule has 0 aliphatic carbocycles. The van der Waals surface area contributed by atoms with E-state index in [0.29, 0.717) is 22.2 Å². The first kappa shape index (κ1) is 11.9. The molecule has 98 valence electrons. The van der Waals surface area contributed by atoms with E-state index in [-0.39, 0.29) is 0 Å². The fourth-order valence-electron chi connectivity index (χ4n) is 2.09. The molecule has 1 aromatic carbocycles. The topological polar surface area (TPSA) is 77.1 Å². The summed E-state index contributed by atoms with van der Waals surface area (Å²) in [5, 5.41) is 8.13. The van der Waals surface area contributed by atoms with E-state index in [9.17, 15) is 0 Å². The number of H-pyrrole nitrogens is 1. The van der Waals surface area contributed by atoms with Gasteiger partial charge in [-0.15, -0.1) is 0 Å². The lowest BCUT2D eigenvalue weighted by Crippen LogP contribution is -1.87. The van der Waals surface area contributed by atoms with E-state index in [1.165, 1.54) is 0 Å². The number of anilines is 1. The lowest BCUT2D eigenvalue weighted by atomic mass is 10.1. The highest BCUT2D eigenvalue weighted by Crippen LogP contribution is 2.40. The summed E-state index contributed by atoms with van der Waals surface area (Å²) in [5.74, 6) is 1.81. The number of nitrogens with two attached hydrogens (primary N) is 1. The van der Waals surface area contributed by atoms with E-state index in [1.54, 1.807) is 19.2 Å². The number of benzene rings is 1. The van der Waals surface area contributed by atoms with Crippen molar-refractivity contribution in [2.24, 2.45) is 0 Å². The van der Waals surface area contributed by atoms with Crippen LogP contribution in [-0.2, 0) is 0 Å². The molecular formula is C13H12ClN3O2. The maximum Gasteiger partial charge on any atom is 0.177 e. The summed E-state index contributed by atoms with van der Waals surface area (Å²) in [6.07, 6.45) is 0. The molecule has 3 rings (SSSR count). The van der Waals surface area contributed by atoms with Gasteiger partial charge in [-0.1, -0.05) is 11.6 Å². The summed E-state index contributed by atoms with van der Waals surface area (Å²) in [4.78, 5) is 0. The molecule has 0 saturated carbocycles. The van der Waals surface area contributed by atoms with Crippen molar-refractivity contribution in [2.75, 3.05) is 12.8 Å². The van der Waals surface area contributed by atoms with Crippen LogP contribution in [0.15, 0.2) is 22.6 Å². The van der Waals surface area contributed by atoms with Crippen LogP contribution in [0.5, 0.6) is 5.75 Å². The fourth-order valence-corrected chi connectivity index (χ4v) is 2.38. The smallest absolute Gasteiger partial charge is 0.177 e. The van der Waals surface area contributed by atoms with Crippen LogP contribution in [0.2, 0.25) is 5.02 Å². The summed E-state index contributed by atoms with van der Waals surface area (Å²) in [6.45, 7) is 1.86. The number of aryl methyl sites for hydroxylation is 1. The average Bonchev–Trinajstić information content (AvgIpc) is 2.96. The van der Waals surface area contributed by atoms with Gasteiger partial charge in [0.25, 0.3) is 0 Å². The molecule has 3 aromatic rings. The molecule has 0 bridgehead atoms. The molecule has 2 heterocycles. The Morgan fingerprint density at radius 3 is 2.79 bits per heavy atom. The van der Waals surface area contributed by atoms with Crippen molar-refractivity contribution < 1.29 is 9.15 Å². The summed E-state index contributed by atoms with van der Waals surface area (Å²) >= 11 is 6.42. The predicted octanol–water partition coefficient (Wildman–Crippen LogP) is 3.38. The quantitative estimate of drug-likeness (QED) is 0.753. The first-order valence-electron chi connectivity index (χ1n) is 5.68. The molecule has 0 unspecified atom stereocenters. The number of fused-ring (bicyclic) bond motifs is 1. The normalized spacial score (nSPS) is 11.1. The molecule has 0 atom stereocenters. The SMILES string of the molecule is COc1cc(-c2cc(N)n[nH]2)c(Cl)c2cc(C)oc12. The van der Waals surface area contributed by atoms with Gasteiger partial charge in [-0.05, 0) is 19.1 Å². The number of nitrogen functional groups attached to an aromatic ring is 1. The minimum atomic E-state index is 0.411. The number of hydrogen-bond donors (Lipinski definition) is 2. The summed E-state index contributed by atoms with van der Waals surface area (Å²) in [6, 6.07) is 5.41. The first-order valence-corrected chi connectivity index (χ1v) is 6.06. The Balaban J connectivity index is 2.33. The van der Waals surface area contributed by atoms with E-state index < -0.39 is 0 Å². The second-order valence-corrected chi connectivity index (χ2v) is 4.62. The van der Waals surface area contributed by atoms with Crippen LogP contribution >= 0.6 is 11.6 Å². The second-order valence-electron chi connectivity index (χ2n) is 4.25. The zero-order chi connectivity index (χ0) is 13.6. The van der Waals surface area contributed by atoms with E-state index in [4.69, 9.17) is 26.5 Å². The monoisotopic (exact) mass is 277 g/mol. The molecule has 0 spiro atoms. The maximum atomic E-state index is 6.42. The van der Waals surface area contributed by atoms with Gasteiger partial charge in [0.15, 0.2) is 11.3 Å². The number of aromatic nitrogens is 2. The van der Waals surface area contributed by atoms with Crippen LogP contribution in [0.4, 0.5) is 5.82 Å². The largest absolute Gasteiger partial charge is 0.493 e. The number of ether oxygens (including phenoxy) is 1. The van der Waals surface area contributed by atoms with Crippen molar-refractivity contribution in [3.63, 3.8) is 0 Å². The summed E-state index contributed by atoms with van der Waals surface area (Å²) in [5.41, 5.74) is 7.77. The number of furan rings is 1. The minimum Gasteiger partial charge on any atom is -0.493 e. The maximum absolute atomic E-state index is 6.42. The highest BCUT2D eigenvalue weighted by molar-refractivity contribution is 6.38. The average molecular weight is 278 g/mol. The highest BCUT2D eigenvalue weighted by atomic mass is 35.5. The third kappa shape index (κ3) is 1.82. The van der Waals surface area contributed by atoms with E-state index in [1.807, 2.05) is 13.0 Å². The predicted molar refractivity (Wildman–Crippen MR) is 74.5 cm³/mol. The molecule has 19 heavy (non-hydrogen) atoms. The van der Waals surface area contributed by atoms with Crippen LogP contribution in [0, 0.1) is 6.92 Å². The van der Waals surface area contributed by atoms with Gasteiger partial charge in [0.2, 0.25) is 0 Å². The molecule has 0 radical (unpaired) electrons. The Morgan fingerprint density at radius 2 is 2.16 bits per heavy atom. The first-order chi connectivity index (χ1) is 9.10.